The minimum Gasteiger partial charge on any atom is -0.350 e. The standard InChI is InChI=1S/C9H18N2O/c1-7(2)10-6-8(12)11-9(3)4-5-9/h7,10H,4-6H2,1-3H3,(H,11,12). The van der Waals surface area contributed by atoms with E-state index >= 15 is 0 Å². The predicted octanol–water partition coefficient (Wildman–Crippen LogP) is 0.653. The first-order valence-corrected chi connectivity index (χ1v) is 4.56. The van der Waals surface area contributed by atoms with Crippen LogP contribution in [0.25, 0.3) is 0 Å². The fourth-order valence-electron chi connectivity index (χ4n) is 0.990. The Kier molecular flexibility index (Phi) is 2.73. The van der Waals surface area contributed by atoms with Crippen LogP contribution < -0.4 is 10.6 Å². The van der Waals surface area contributed by atoms with Gasteiger partial charge < -0.3 is 10.6 Å². The quantitative estimate of drug-likeness (QED) is 0.650. The molecule has 0 spiro atoms. The van der Waals surface area contributed by atoms with Gasteiger partial charge in [-0.3, -0.25) is 4.79 Å². The minimum atomic E-state index is 0.115. The van der Waals surface area contributed by atoms with Crippen molar-refractivity contribution in [2.24, 2.45) is 0 Å². The van der Waals surface area contributed by atoms with Gasteiger partial charge >= 0.3 is 0 Å². The topological polar surface area (TPSA) is 41.1 Å². The second kappa shape index (κ2) is 3.44. The summed E-state index contributed by atoms with van der Waals surface area (Å²) in [6.07, 6.45) is 2.25. The first-order valence-electron chi connectivity index (χ1n) is 4.56. The monoisotopic (exact) mass is 170 g/mol. The highest BCUT2D eigenvalue weighted by Gasteiger charge is 2.38. The molecule has 3 nitrogen and oxygen atoms in total. The molecule has 2 N–H and O–H groups in total. The molecule has 1 aliphatic rings. The van der Waals surface area contributed by atoms with Crippen molar-refractivity contribution in [2.45, 2.75) is 45.2 Å². The summed E-state index contributed by atoms with van der Waals surface area (Å²) in [6.45, 7) is 6.59. The summed E-state index contributed by atoms with van der Waals surface area (Å²) in [5, 5.41) is 6.07. The zero-order valence-electron chi connectivity index (χ0n) is 8.11. The van der Waals surface area contributed by atoms with Crippen molar-refractivity contribution in [1.82, 2.24) is 10.6 Å². The van der Waals surface area contributed by atoms with Crippen LogP contribution in [-0.4, -0.2) is 24.0 Å². The summed E-state index contributed by atoms with van der Waals surface area (Å²) in [4.78, 5) is 11.2. The van der Waals surface area contributed by atoms with Gasteiger partial charge in [0, 0.05) is 11.6 Å². The van der Waals surface area contributed by atoms with Gasteiger partial charge in [-0.25, -0.2) is 0 Å². The number of nitrogens with one attached hydrogen (secondary N) is 2. The fourth-order valence-corrected chi connectivity index (χ4v) is 0.990. The highest BCUT2D eigenvalue weighted by Crippen LogP contribution is 2.33. The second-order valence-corrected chi connectivity index (χ2v) is 4.14. The van der Waals surface area contributed by atoms with E-state index in [-0.39, 0.29) is 11.4 Å². The highest BCUT2D eigenvalue weighted by atomic mass is 16.2. The fraction of sp³-hybridized carbons (Fsp3) is 0.889. The van der Waals surface area contributed by atoms with Gasteiger partial charge in [-0.15, -0.1) is 0 Å². The van der Waals surface area contributed by atoms with E-state index in [1.807, 2.05) is 13.8 Å². The molecule has 1 fully saturated rings. The lowest BCUT2D eigenvalue weighted by atomic mass is 10.3. The third-order valence-corrected chi connectivity index (χ3v) is 2.11. The Labute approximate surface area is 73.9 Å². The molecule has 1 rings (SSSR count). The molecule has 0 bridgehead atoms. The Balaban J connectivity index is 2.12. The SMILES string of the molecule is CC(C)NCC(=O)NC1(C)CC1. The van der Waals surface area contributed by atoms with Crippen molar-refractivity contribution in [3.05, 3.63) is 0 Å². The predicted molar refractivity (Wildman–Crippen MR) is 48.9 cm³/mol. The molecule has 0 aromatic heterocycles. The van der Waals surface area contributed by atoms with Gasteiger partial charge in [0.1, 0.15) is 0 Å². The van der Waals surface area contributed by atoms with E-state index in [0.29, 0.717) is 12.6 Å². The first kappa shape index (κ1) is 9.52. The van der Waals surface area contributed by atoms with Crippen molar-refractivity contribution in [3.8, 4) is 0 Å². The van der Waals surface area contributed by atoms with E-state index in [1.54, 1.807) is 0 Å². The number of hydrogen-bond acceptors (Lipinski definition) is 2. The molecular weight excluding hydrogens is 152 g/mol. The molecule has 0 atom stereocenters. The molecule has 0 aromatic carbocycles. The Morgan fingerprint density at radius 1 is 1.50 bits per heavy atom. The van der Waals surface area contributed by atoms with Crippen LogP contribution in [0.4, 0.5) is 0 Å². The lowest BCUT2D eigenvalue weighted by Gasteiger charge is -2.13. The van der Waals surface area contributed by atoms with E-state index in [4.69, 9.17) is 0 Å². The molecule has 0 unspecified atom stereocenters. The van der Waals surface area contributed by atoms with Gasteiger partial charge in [0.2, 0.25) is 5.91 Å². The van der Waals surface area contributed by atoms with Crippen molar-refractivity contribution in [3.63, 3.8) is 0 Å². The summed E-state index contributed by atoms with van der Waals surface area (Å²) >= 11 is 0. The van der Waals surface area contributed by atoms with Gasteiger partial charge in [-0.1, -0.05) is 13.8 Å². The lowest BCUT2D eigenvalue weighted by molar-refractivity contribution is -0.121. The Bertz CT molecular complexity index is 173. The van der Waals surface area contributed by atoms with Crippen molar-refractivity contribution < 1.29 is 4.79 Å². The molecule has 0 saturated heterocycles. The number of carbonyl (C=O) groups is 1. The van der Waals surface area contributed by atoms with Crippen molar-refractivity contribution in [2.75, 3.05) is 6.54 Å². The summed E-state index contributed by atoms with van der Waals surface area (Å²) in [7, 11) is 0. The van der Waals surface area contributed by atoms with Crippen LogP contribution in [0, 0.1) is 0 Å². The summed E-state index contributed by atoms with van der Waals surface area (Å²) < 4.78 is 0. The molecule has 0 radical (unpaired) electrons. The summed E-state index contributed by atoms with van der Waals surface area (Å²) in [5.41, 5.74) is 0.121. The lowest BCUT2D eigenvalue weighted by Crippen LogP contribution is -2.41. The Hall–Kier alpha value is -0.570. The van der Waals surface area contributed by atoms with E-state index in [9.17, 15) is 4.79 Å². The smallest absolute Gasteiger partial charge is 0.234 e. The van der Waals surface area contributed by atoms with Crippen LogP contribution in [0.3, 0.4) is 0 Å². The number of hydrogen-bond donors (Lipinski definition) is 2. The Morgan fingerprint density at radius 2 is 2.08 bits per heavy atom. The normalized spacial score (nSPS) is 19.3. The minimum absolute atomic E-state index is 0.115. The summed E-state index contributed by atoms with van der Waals surface area (Å²) in [5.74, 6) is 0.115. The molecule has 1 saturated carbocycles. The maximum absolute atomic E-state index is 11.2. The van der Waals surface area contributed by atoms with E-state index in [1.165, 1.54) is 0 Å². The first-order chi connectivity index (χ1) is 5.52. The van der Waals surface area contributed by atoms with Gasteiger partial charge in [0.05, 0.1) is 6.54 Å². The van der Waals surface area contributed by atoms with Crippen molar-refractivity contribution in [1.29, 1.82) is 0 Å². The zero-order valence-corrected chi connectivity index (χ0v) is 8.11. The van der Waals surface area contributed by atoms with E-state index in [2.05, 4.69) is 17.6 Å². The van der Waals surface area contributed by atoms with Crippen LogP contribution in [0.2, 0.25) is 0 Å². The van der Waals surface area contributed by atoms with Crippen LogP contribution in [0.5, 0.6) is 0 Å². The molecule has 0 heterocycles. The Morgan fingerprint density at radius 3 is 2.50 bits per heavy atom. The van der Waals surface area contributed by atoms with Gasteiger partial charge in [0.25, 0.3) is 0 Å². The van der Waals surface area contributed by atoms with Crippen LogP contribution >= 0.6 is 0 Å². The third kappa shape index (κ3) is 3.22. The molecular formula is C9H18N2O. The maximum Gasteiger partial charge on any atom is 0.234 e. The van der Waals surface area contributed by atoms with Crippen LogP contribution in [0.15, 0.2) is 0 Å². The molecule has 0 aliphatic heterocycles. The molecule has 1 aliphatic carbocycles. The summed E-state index contributed by atoms with van der Waals surface area (Å²) in [6, 6.07) is 0.378. The molecule has 1 amide bonds. The van der Waals surface area contributed by atoms with Gasteiger partial charge in [0.15, 0.2) is 0 Å². The second-order valence-electron chi connectivity index (χ2n) is 4.14. The molecule has 3 heteroatoms. The average molecular weight is 170 g/mol. The van der Waals surface area contributed by atoms with Crippen LogP contribution in [-0.2, 0) is 4.79 Å². The molecule has 0 aromatic rings. The maximum atomic E-state index is 11.2. The van der Waals surface area contributed by atoms with Crippen molar-refractivity contribution >= 4 is 5.91 Å². The number of rotatable bonds is 4. The zero-order chi connectivity index (χ0) is 9.19. The average Bonchev–Trinajstić information content (AvgIpc) is 2.64. The number of carbonyl (C=O) groups excluding carboxylic acids is 1. The largest absolute Gasteiger partial charge is 0.350 e. The third-order valence-electron chi connectivity index (χ3n) is 2.11. The van der Waals surface area contributed by atoms with E-state index in [0.717, 1.165) is 12.8 Å². The number of amides is 1. The van der Waals surface area contributed by atoms with E-state index < -0.39 is 0 Å². The molecule has 12 heavy (non-hydrogen) atoms. The highest BCUT2D eigenvalue weighted by molar-refractivity contribution is 5.79. The van der Waals surface area contributed by atoms with Gasteiger partial charge in [-0.2, -0.15) is 0 Å². The van der Waals surface area contributed by atoms with Crippen LogP contribution in [0.1, 0.15) is 33.6 Å². The van der Waals surface area contributed by atoms with Gasteiger partial charge in [-0.05, 0) is 19.8 Å². The molecule has 70 valence electrons.